The first-order chi connectivity index (χ1) is 8.25. The van der Waals surface area contributed by atoms with Crippen molar-refractivity contribution in [3.05, 3.63) is 0 Å². The van der Waals surface area contributed by atoms with E-state index in [4.69, 9.17) is 4.74 Å². The molecule has 17 heavy (non-hydrogen) atoms. The summed E-state index contributed by atoms with van der Waals surface area (Å²) < 4.78 is 5.42. The molecule has 2 unspecified atom stereocenters. The van der Waals surface area contributed by atoms with E-state index in [0.29, 0.717) is 6.04 Å². The summed E-state index contributed by atoms with van der Waals surface area (Å²) in [4.78, 5) is 2.63. The SMILES string of the molecule is CC(O)CC1CCCCN1CC1CCOCC1. The normalized spacial score (nSPS) is 30.4. The van der Waals surface area contributed by atoms with Gasteiger partial charge >= 0.3 is 0 Å². The molecule has 3 heteroatoms. The molecule has 0 aliphatic carbocycles. The van der Waals surface area contributed by atoms with E-state index in [9.17, 15) is 5.11 Å². The number of nitrogens with zero attached hydrogens (tertiary/aromatic N) is 1. The maximum Gasteiger partial charge on any atom is 0.0527 e. The number of aliphatic hydroxyl groups excluding tert-OH is 1. The lowest BCUT2D eigenvalue weighted by Gasteiger charge is -2.39. The number of hydrogen-bond acceptors (Lipinski definition) is 3. The lowest BCUT2D eigenvalue weighted by molar-refractivity contribution is 0.0287. The van der Waals surface area contributed by atoms with Crippen molar-refractivity contribution < 1.29 is 9.84 Å². The summed E-state index contributed by atoms with van der Waals surface area (Å²) in [6.07, 6.45) is 7.17. The van der Waals surface area contributed by atoms with Crippen molar-refractivity contribution in [1.82, 2.24) is 4.90 Å². The van der Waals surface area contributed by atoms with Crippen molar-refractivity contribution >= 4 is 0 Å². The maximum atomic E-state index is 9.58. The number of piperidine rings is 1. The van der Waals surface area contributed by atoms with Gasteiger partial charge in [0.1, 0.15) is 0 Å². The van der Waals surface area contributed by atoms with Crippen LogP contribution < -0.4 is 0 Å². The lowest BCUT2D eigenvalue weighted by atomic mass is 9.93. The molecular weight excluding hydrogens is 214 g/mol. The van der Waals surface area contributed by atoms with Crippen LogP contribution in [0.25, 0.3) is 0 Å². The predicted molar refractivity (Wildman–Crippen MR) is 69.1 cm³/mol. The van der Waals surface area contributed by atoms with Crippen molar-refractivity contribution in [2.24, 2.45) is 5.92 Å². The molecule has 0 aromatic rings. The zero-order chi connectivity index (χ0) is 12.1. The van der Waals surface area contributed by atoms with Crippen LogP contribution in [0.1, 0.15) is 45.4 Å². The predicted octanol–water partition coefficient (Wildman–Crippen LogP) is 2.04. The minimum Gasteiger partial charge on any atom is -0.393 e. The Morgan fingerprint density at radius 1 is 1.24 bits per heavy atom. The first kappa shape index (κ1) is 13.3. The smallest absolute Gasteiger partial charge is 0.0527 e. The Balaban J connectivity index is 1.82. The van der Waals surface area contributed by atoms with Crippen LogP contribution in [0.4, 0.5) is 0 Å². The van der Waals surface area contributed by atoms with E-state index < -0.39 is 0 Å². The van der Waals surface area contributed by atoms with E-state index in [1.54, 1.807) is 0 Å². The van der Waals surface area contributed by atoms with Gasteiger partial charge < -0.3 is 14.7 Å². The molecule has 2 atom stereocenters. The summed E-state index contributed by atoms with van der Waals surface area (Å²) >= 11 is 0. The van der Waals surface area contributed by atoms with Crippen LogP contribution in [0.2, 0.25) is 0 Å². The molecule has 2 saturated heterocycles. The number of aliphatic hydroxyl groups is 1. The standard InChI is InChI=1S/C14H27NO2/c1-12(16)10-14-4-2-3-7-15(14)11-13-5-8-17-9-6-13/h12-14,16H,2-11H2,1H3. The number of rotatable bonds is 4. The third-order valence-electron chi connectivity index (χ3n) is 4.20. The van der Waals surface area contributed by atoms with Crippen molar-refractivity contribution in [2.75, 3.05) is 26.3 Å². The largest absolute Gasteiger partial charge is 0.393 e. The van der Waals surface area contributed by atoms with Crippen molar-refractivity contribution in [2.45, 2.75) is 57.6 Å². The van der Waals surface area contributed by atoms with Crippen LogP contribution in [-0.4, -0.2) is 48.5 Å². The molecule has 0 amide bonds. The molecule has 3 nitrogen and oxygen atoms in total. The molecular formula is C14H27NO2. The number of likely N-dealkylation sites (tertiary alicyclic amines) is 1. The average Bonchev–Trinajstić information content (AvgIpc) is 2.32. The highest BCUT2D eigenvalue weighted by molar-refractivity contribution is 4.81. The quantitative estimate of drug-likeness (QED) is 0.817. The zero-order valence-corrected chi connectivity index (χ0v) is 11.1. The van der Waals surface area contributed by atoms with Crippen molar-refractivity contribution in [1.29, 1.82) is 0 Å². The van der Waals surface area contributed by atoms with E-state index in [-0.39, 0.29) is 6.10 Å². The number of ether oxygens (including phenoxy) is 1. The van der Waals surface area contributed by atoms with E-state index >= 15 is 0 Å². The van der Waals surface area contributed by atoms with Crippen LogP contribution >= 0.6 is 0 Å². The fraction of sp³-hybridized carbons (Fsp3) is 1.00. The second-order valence-corrected chi connectivity index (χ2v) is 5.79. The maximum absolute atomic E-state index is 9.58. The zero-order valence-electron chi connectivity index (χ0n) is 11.1. The van der Waals surface area contributed by atoms with Gasteiger partial charge in [0.15, 0.2) is 0 Å². The second-order valence-electron chi connectivity index (χ2n) is 5.79. The Bertz CT molecular complexity index is 214. The van der Waals surface area contributed by atoms with Crippen molar-refractivity contribution in [3.8, 4) is 0 Å². The van der Waals surface area contributed by atoms with E-state index in [1.807, 2.05) is 6.92 Å². The Kier molecular flexibility index (Phi) is 5.26. The molecule has 2 heterocycles. The van der Waals surface area contributed by atoms with E-state index in [0.717, 1.165) is 25.6 Å². The molecule has 0 radical (unpaired) electrons. The molecule has 100 valence electrons. The highest BCUT2D eigenvalue weighted by atomic mass is 16.5. The Morgan fingerprint density at radius 3 is 2.71 bits per heavy atom. The lowest BCUT2D eigenvalue weighted by Crippen LogP contribution is -2.44. The third kappa shape index (κ3) is 4.23. The van der Waals surface area contributed by atoms with Gasteiger partial charge in [-0.1, -0.05) is 6.42 Å². The molecule has 2 rings (SSSR count). The molecule has 2 aliphatic heterocycles. The Morgan fingerprint density at radius 2 is 2.00 bits per heavy atom. The Labute approximate surface area is 105 Å². The molecule has 0 bridgehead atoms. The van der Waals surface area contributed by atoms with Gasteiger partial charge in [0.2, 0.25) is 0 Å². The first-order valence-electron chi connectivity index (χ1n) is 7.25. The second kappa shape index (κ2) is 6.72. The fourth-order valence-electron chi connectivity index (χ4n) is 3.22. The molecule has 0 saturated carbocycles. The van der Waals surface area contributed by atoms with Gasteiger partial charge in [0.25, 0.3) is 0 Å². The first-order valence-corrected chi connectivity index (χ1v) is 7.25. The van der Waals surface area contributed by atoms with Crippen LogP contribution in [-0.2, 0) is 4.74 Å². The fourth-order valence-corrected chi connectivity index (χ4v) is 3.22. The molecule has 0 aromatic heterocycles. The van der Waals surface area contributed by atoms with Crippen LogP contribution in [0.5, 0.6) is 0 Å². The highest BCUT2D eigenvalue weighted by Crippen LogP contribution is 2.24. The Hall–Kier alpha value is -0.120. The third-order valence-corrected chi connectivity index (χ3v) is 4.20. The van der Waals surface area contributed by atoms with Gasteiger partial charge in [-0.2, -0.15) is 0 Å². The van der Waals surface area contributed by atoms with Gasteiger partial charge in [-0.05, 0) is 51.5 Å². The summed E-state index contributed by atoms with van der Waals surface area (Å²) in [5.41, 5.74) is 0. The van der Waals surface area contributed by atoms with Crippen LogP contribution in [0, 0.1) is 5.92 Å². The van der Waals surface area contributed by atoms with Crippen molar-refractivity contribution in [3.63, 3.8) is 0 Å². The van der Waals surface area contributed by atoms with Gasteiger partial charge in [-0.25, -0.2) is 0 Å². The summed E-state index contributed by atoms with van der Waals surface area (Å²) in [5, 5.41) is 9.58. The molecule has 0 spiro atoms. The minimum atomic E-state index is -0.157. The van der Waals surface area contributed by atoms with Gasteiger partial charge in [-0.3, -0.25) is 0 Å². The minimum absolute atomic E-state index is 0.157. The average molecular weight is 241 g/mol. The van der Waals surface area contributed by atoms with Crippen LogP contribution in [0.3, 0.4) is 0 Å². The highest BCUT2D eigenvalue weighted by Gasteiger charge is 2.26. The van der Waals surface area contributed by atoms with Gasteiger partial charge in [-0.15, -0.1) is 0 Å². The molecule has 0 aromatic carbocycles. The van der Waals surface area contributed by atoms with Gasteiger partial charge in [0.05, 0.1) is 6.10 Å². The monoisotopic (exact) mass is 241 g/mol. The van der Waals surface area contributed by atoms with E-state index in [2.05, 4.69) is 4.90 Å². The van der Waals surface area contributed by atoms with E-state index in [1.165, 1.54) is 45.2 Å². The van der Waals surface area contributed by atoms with Crippen LogP contribution in [0.15, 0.2) is 0 Å². The summed E-state index contributed by atoms with van der Waals surface area (Å²) in [6.45, 7) is 6.26. The molecule has 1 N–H and O–H groups in total. The summed E-state index contributed by atoms with van der Waals surface area (Å²) in [5.74, 6) is 0.818. The molecule has 2 fully saturated rings. The molecule has 2 aliphatic rings. The summed E-state index contributed by atoms with van der Waals surface area (Å²) in [7, 11) is 0. The van der Waals surface area contributed by atoms with Gasteiger partial charge in [0, 0.05) is 25.8 Å². The number of hydrogen-bond donors (Lipinski definition) is 1. The topological polar surface area (TPSA) is 32.7 Å². The summed E-state index contributed by atoms with van der Waals surface area (Å²) in [6, 6.07) is 0.617.